The van der Waals surface area contributed by atoms with E-state index < -0.39 is 0 Å². The van der Waals surface area contributed by atoms with E-state index in [1.54, 1.807) is 0 Å². The SMILES string of the molecule is C.C.C.C.C.CCC(CC(CC)(CC)CC)CC(CC)(CC)CC.CCC(CC)(CC)CC.CCC(CC)CC. The highest BCUT2D eigenvalue weighted by atomic mass is 14.4. The number of rotatable bonds is 18. The molecule has 0 radical (unpaired) electrons. The normalized spacial score (nSPS) is 10.8. The van der Waals surface area contributed by atoms with E-state index in [2.05, 4.69) is 96.9 Å². The van der Waals surface area contributed by atoms with Crippen LogP contribution in [-0.2, 0) is 0 Å². The van der Waals surface area contributed by atoms with Crippen LogP contribution < -0.4 is 0 Å². The van der Waals surface area contributed by atoms with E-state index in [-0.39, 0.29) is 37.1 Å². The Kier molecular flexibility index (Phi) is 52.3. The summed E-state index contributed by atoms with van der Waals surface area (Å²) in [5.41, 5.74) is 1.89. The van der Waals surface area contributed by atoms with E-state index in [0.29, 0.717) is 16.2 Å². The minimum Gasteiger partial charge on any atom is -0.0776 e. The first-order chi connectivity index (χ1) is 16.6. The van der Waals surface area contributed by atoms with Crippen molar-refractivity contribution < 1.29 is 0 Å². The molecule has 0 aromatic carbocycles. The van der Waals surface area contributed by atoms with Gasteiger partial charge in [0.15, 0.2) is 0 Å². The minimum atomic E-state index is 0. The molecule has 0 heteroatoms. The van der Waals surface area contributed by atoms with E-state index in [1.807, 2.05) is 0 Å². The van der Waals surface area contributed by atoms with Crippen molar-refractivity contribution in [1.29, 1.82) is 0 Å². The zero-order valence-corrected chi connectivity index (χ0v) is 28.0. The molecule has 0 aromatic heterocycles. The molecule has 0 amide bonds. The van der Waals surface area contributed by atoms with Gasteiger partial charge in [-0.25, -0.2) is 0 Å². The van der Waals surface area contributed by atoms with Crippen LogP contribution in [0.2, 0.25) is 0 Å². The lowest BCUT2D eigenvalue weighted by Crippen LogP contribution is -2.27. The fraction of sp³-hybridized carbons (Fsp3) is 1.00. The molecule has 0 saturated carbocycles. The molecular weight excluding hydrogens is 480 g/mol. The molecule has 0 fully saturated rings. The molecular formula is C40H96. The third-order valence-electron chi connectivity index (χ3n) is 11.3. The topological polar surface area (TPSA) is 0 Å². The molecule has 256 valence electrons. The summed E-state index contributed by atoms with van der Waals surface area (Å²) in [6.07, 6.45) is 21.8. The molecule has 0 N–H and O–H groups in total. The first kappa shape index (κ1) is 59.4. The maximum absolute atomic E-state index is 2.40. The Morgan fingerprint density at radius 1 is 0.275 bits per heavy atom. The largest absolute Gasteiger partial charge is 0.0776 e. The summed E-state index contributed by atoms with van der Waals surface area (Å²) in [6, 6.07) is 0. The van der Waals surface area contributed by atoms with Gasteiger partial charge in [-0.2, -0.15) is 0 Å². The second kappa shape index (κ2) is 35.2. The van der Waals surface area contributed by atoms with Crippen LogP contribution >= 0.6 is 0 Å². The fourth-order valence-electron chi connectivity index (χ4n) is 6.32. The minimum absolute atomic E-state index is 0. The Hall–Kier alpha value is 0. The van der Waals surface area contributed by atoms with Gasteiger partial charge in [-0.05, 0) is 40.9 Å². The van der Waals surface area contributed by atoms with E-state index in [4.69, 9.17) is 0 Å². The molecule has 0 aliphatic carbocycles. The van der Waals surface area contributed by atoms with Gasteiger partial charge >= 0.3 is 0 Å². The van der Waals surface area contributed by atoms with Crippen LogP contribution in [0.1, 0.15) is 237 Å². The first-order valence-electron chi connectivity index (χ1n) is 16.6. The Labute approximate surface area is 264 Å². The molecule has 0 unspecified atom stereocenters. The van der Waals surface area contributed by atoms with Crippen LogP contribution in [0.3, 0.4) is 0 Å². The zero-order chi connectivity index (χ0) is 28.0. The van der Waals surface area contributed by atoms with Gasteiger partial charge in [0.25, 0.3) is 0 Å². The maximum atomic E-state index is 2.40. The Morgan fingerprint density at radius 3 is 0.525 bits per heavy atom. The highest BCUT2D eigenvalue weighted by molar-refractivity contribution is 4.84. The average Bonchev–Trinajstić information content (AvgIpc) is 2.93. The van der Waals surface area contributed by atoms with Crippen molar-refractivity contribution in [2.24, 2.45) is 28.1 Å². The van der Waals surface area contributed by atoms with Crippen molar-refractivity contribution in [2.75, 3.05) is 0 Å². The van der Waals surface area contributed by atoms with Crippen molar-refractivity contribution in [3.05, 3.63) is 0 Å². The van der Waals surface area contributed by atoms with Crippen LogP contribution in [0.5, 0.6) is 0 Å². The second-order valence-corrected chi connectivity index (χ2v) is 11.8. The maximum Gasteiger partial charge on any atom is -0.0303 e. The van der Waals surface area contributed by atoms with Crippen LogP contribution in [0.25, 0.3) is 0 Å². The smallest absolute Gasteiger partial charge is 0.0303 e. The molecule has 0 rings (SSSR count). The van der Waals surface area contributed by atoms with Crippen molar-refractivity contribution in [2.45, 2.75) is 237 Å². The van der Waals surface area contributed by atoms with Crippen molar-refractivity contribution >= 4 is 0 Å². The highest BCUT2D eigenvalue weighted by Crippen LogP contribution is 2.45. The summed E-state index contributed by atoms with van der Waals surface area (Å²) in [5, 5.41) is 0. The van der Waals surface area contributed by atoms with Gasteiger partial charge in [0, 0.05) is 0 Å². The molecule has 0 spiro atoms. The molecule has 0 nitrogen and oxygen atoms in total. The van der Waals surface area contributed by atoms with Crippen LogP contribution in [0.4, 0.5) is 0 Å². The number of hydrogen-bond acceptors (Lipinski definition) is 0. The molecule has 0 atom stereocenters. The summed E-state index contributed by atoms with van der Waals surface area (Å²) in [4.78, 5) is 0. The Bertz CT molecular complexity index is 342. The summed E-state index contributed by atoms with van der Waals surface area (Å²) in [5.74, 6) is 1.92. The second-order valence-electron chi connectivity index (χ2n) is 11.8. The van der Waals surface area contributed by atoms with Crippen molar-refractivity contribution in [1.82, 2.24) is 0 Å². The number of hydrogen-bond donors (Lipinski definition) is 0. The molecule has 0 aliphatic heterocycles. The summed E-state index contributed by atoms with van der Waals surface area (Å²) >= 11 is 0. The Morgan fingerprint density at radius 2 is 0.450 bits per heavy atom. The average molecular weight is 577 g/mol. The van der Waals surface area contributed by atoms with Crippen molar-refractivity contribution in [3.8, 4) is 0 Å². The third kappa shape index (κ3) is 22.6. The van der Waals surface area contributed by atoms with Gasteiger partial charge in [0.05, 0.1) is 0 Å². The van der Waals surface area contributed by atoms with Crippen LogP contribution in [-0.4, -0.2) is 0 Å². The quantitative estimate of drug-likeness (QED) is 0.152. The van der Waals surface area contributed by atoms with Crippen molar-refractivity contribution in [3.63, 3.8) is 0 Å². The molecule has 40 heavy (non-hydrogen) atoms. The lowest BCUT2D eigenvalue weighted by molar-refractivity contribution is 0.121. The molecule has 0 bridgehead atoms. The van der Waals surface area contributed by atoms with Crippen LogP contribution in [0, 0.1) is 28.1 Å². The lowest BCUT2D eigenvalue weighted by atomic mass is 9.66. The standard InChI is InChI=1S/C19H40.C9H20.C7H16.5CH4/c1-8-17(15-18(9-2,10-3)11-4)16-19(12-5,13-6)14-7;1-5-9(6-2,7-3)8-4;1-4-7(5-2)6-3;;;;;/h17H,8-16H2,1-7H3;5-8H2,1-4H3;7H,4-6H2,1-3H3;5*1H4. The van der Waals surface area contributed by atoms with Gasteiger partial charge in [-0.3, -0.25) is 0 Å². The molecule has 0 aromatic rings. The Balaban J connectivity index is -0.0000000692. The lowest BCUT2D eigenvalue weighted by Gasteiger charge is -2.39. The summed E-state index contributed by atoms with van der Waals surface area (Å²) in [6.45, 7) is 32.8. The molecule has 0 heterocycles. The van der Waals surface area contributed by atoms with Gasteiger partial charge in [-0.1, -0.05) is 224 Å². The van der Waals surface area contributed by atoms with Crippen LogP contribution in [0.15, 0.2) is 0 Å². The third-order valence-corrected chi connectivity index (χ3v) is 11.3. The summed E-state index contributed by atoms with van der Waals surface area (Å²) in [7, 11) is 0. The summed E-state index contributed by atoms with van der Waals surface area (Å²) < 4.78 is 0. The van der Waals surface area contributed by atoms with E-state index in [9.17, 15) is 0 Å². The van der Waals surface area contributed by atoms with E-state index in [0.717, 1.165) is 11.8 Å². The van der Waals surface area contributed by atoms with Gasteiger partial charge in [0.2, 0.25) is 0 Å². The predicted octanol–water partition coefficient (Wildman–Crippen LogP) is 16.9. The molecule has 0 aliphatic rings. The monoisotopic (exact) mass is 577 g/mol. The predicted molar refractivity (Wildman–Crippen MR) is 201 cm³/mol. The van der Waals surface area contributed by atoms with Gasteiger partial charge in [0.1, 0.15) is 0 Å². The van der Waals surface area contributed by atoms with E-state index in [1.165, 1.54) is 103 Å². The van der Waals surface area contributed by atoms with E-state index >= 15 is 0 Å². The highest BCUT2D eigenvalue weighted by Gasteiger charge is 2.32. The van der Waals surface area contributed by atoms with Gasteiger partial charge < -0.3 is 0 Å². The molecule has 0 saturated heterocycles. The first-order valence-corrected chi connectivity index (χ1v) is 16.6. The van der Waals surface area contributed by atoms with Gasteiger partial charge in [-0.15, -0.1) is 0 Å². The zero-order valence-electron chi connectivity index (χ0n) is 28.0. The fourth-order valence-corrected chi connectivity index (χ4v) is 6.32.